The van der Waals surface area contributed by atoms with Crippen LogP contribution in [0.1, 0.15) is 32.8 Å². The minimum atomic E-state index is 0.207. The number of rotatable bonds is 13. The number of benzene rings is 1. The highest BCUT2D eigenvalue weighted by Gasteiger charge is 2.19. The molecule has 12 heteroatoms. The van der Waals surface area contributed by atoms with Gasteiger partial charge in [0.1, 0.15) is 23.1 Å². The predicted octanol–water partition coefficient (Wildman–Crippen LogP) is 4.07. The van der Waals surface area contributed by atoms with Crippen LogP contribution in [-0.4, -0.2) is 82.5 Å². The van der Waals surface area contributed by atoms with Gasteiger partial charge in [-0.3, -0.25) is 4.98 Å². The van der Waals surface area contributed by atoms with Gasteiger partial charge in [-0.25, -0.2) is 0 Å². The number of hydrogen-bond acceptors (Lipinski definition) is 11. The van der Waals surface area contributed by atoms with Crippen LogP contribution in [0.4, 0.5) is 17.7 Å². The van der Waals surface area contributed by atoms with Crippen LogP contribution < -0.4 is 20.7 Å². The van der Waals surface area contributed by atoms with Crippen LogP contribution in [0.3, 0.4) is 0 Å². The fraction of sp³-hybridized carbons (Fsp3) is 0.414. The second-order valence-corrected chi connectivity index (χ2v) is 9.20. The van der Waals surface area contributed by atoms with Crippen molar-refractivity contribution in [3.05, 3.63) is 60.4 Å². The molecule has 3 heterocycles. The van der Waals surface area contributed by atoms with Crippen molar-refractivity contribution in [1.82, 2.24) is 29.5 Å². The number of ether oxygens (including phenoxy) is 2. The lowest BCUT2D eigenvalue weighted by Gasteiger charge is -2.28. The largest absolute Gasteiger partial charge is 0.457 e. The molecule has 0 aliphatic heterocycles. The highest BCUT2D eigenvalue weighted by atomic mass is 16.5. The zero-order valence-corrected chi connectivity index (χ0v) is 24.5. The van der Waals surface area contributed by atoms with Crippen molar-refractivity contribution in [1.29, 1.82) is 5.26 Å². The van der Waals surface area contributed by atoms with Crippen LogP contribution in [-0.2, 0) is 4.74 Å². The number of nitrogens with two attached hydrogens (primary N) is 1. The lowest BCUT2D eigenvalue weighted by molar-refractivity contribution is 0.109. The predicted molar refractivity (Wildman–Crippen MR) is 161 cm³/mol. The van der Waals surface area contributed by atoms with Gasteiger partial charge in [0.05, 0.1) is 6.61 Å². The molecule has 0 saturated carbocycles. The molecule has 0 amide bonds. The monoisotopic (exact) mass is 560 g/mol. The molecule has 0 spiro atoms. The van der Waals surface area contributed by atoms with Crippen molar-refractivity contribution >= 4 is 23.4 Å². The van der Waals surface area contributed by atoms with E-state index in [0.29, 0.717) is 29.0 Å². The van der Waals surface area contributed by atoms with Gasteiger partial charge in [-0.15, -0.1) is 5.10 Å². The van der Waals surface area contributed by atoms with Gasteiger partial charge in [0, 0.05) is 51.7 Å². The fourth-order valence-corrected chi connectivity index (χ4v) is 3.93. The average Bonchev–Trinajstić information content (AvgIpc) is 3.37. The van der Waals surface area contributed by atoms with E-state index in [9.17, 15) is 5.26 Å². The van der Waals surface area contributed by atoms with E-state index < -0.39 is 0 Å². The summed E-state index contributed by atoms with van der Waals surface area (Å²) in [5, 5.41) is 16.6. The molecule has 0 radical (unpaired) electrons. The Bertz CT molecular complexity index is 1340. The number of aromatic nitrogens is 5. The van der Waals surface area contributed by atoms with Gasteiger partial charge in [-0.2, -0.15) is 19.7 Å². The van der Waals surface area contributed by atoms with E-state index in [-0.39, 0.29) is 5.95 Å². The first kappa shape index (κ1) is 31.1. The lowest BCUT2D eigenvalue weighted by Crippen LogP contribution is -2.36. The zero-order valence-electron chi connectivity index (χ0n) is 24.5. The standard InChI is InChI=1S/C18H31N9O.C11H9NO/c1-6-26(9-8-13(3)25(5)10-11-28-7-2)18-22-16-14(12-19)15(21-4)24-27(16)17(20)23-18;1-2-4-10(5-3-1)13-11-6-8-12-9-7-11/h13H,6-11H2,1-5H3,(H,21,24)(H2,20,22,23);1-9H. The quantitative estimate of drug-likeness (QED) is 0.228. The molecule has 1 aromatic carbocycles. The summed E-state index contributed by atoms with van der Waals surface area (Å²) < 4.78 is 12.4. The molecule has 4 aromatic rings. The summed E-state index contributed by atoms with van der Waals surface area (Å²) >= 11 is 0. The lowest BCUT2D eigenvalue weighted by atomic mass is 10.2. The molecule has 0 fully saturated rings. The highest BCUT2D eigenvalue weighted by molar-refractivity contribution is 5.69. The van der Waals surface area contributed by atoms with E-state index >= 15 is 0 Å². The molecule has 0 aliphatic rings. The highest BCUT2D eigenvalue weighted by Crippen LogP contribution is 2.22. The van der Waals surface area contributed by atoms with Crippen LogP contribution in [0, 0.1) is 11.3 Å². The molecular formula is C29H40N10O2. The number of hydrogen-bond donors (Lipinski definition) is 2. The van der Waals surface area contributed by atoms with Gasteiger partial charge in [0.25, 0.3) is 0 Å². The molecule has 41 heavy (non-hydrogen) atoms. The van der Waals surface area contributed by atoms with Crippen molar-refractivity contribution < 1.29 is 9.47 Å². The van der Waals surface area contributed by atoms with E-state index in [0.717, 1.165) is 50.8 Å². The maximum atomic E-state index is 9.47. The summed E-state index contributed by atoms with van der Waals surface area (Å²) in [7, 11) is 3.81. The van der Waals surface area contributed by atoms with Crippen LogP contribution >= 0.6 is 0 Å². The van der Waals surface area contributed by atoms with Crippen molar-refractivity contribution in [3.8, 4) is 17.6 Å². The topological polar surface area (TPSA) is 143 Å². The smallest absolute Gasteiger partial charge is 0.230 e. The summed E-state index contributed by atoms with van der Waals surface area (Å²) in [6, 6.07) is 15.9. The van der Waals surface area contributed by atoms with Gasteiger partial charge in [-0.05, 0) is 58.5 Å². The van der Waals surface area contributed by atoms with Crippen molar-refractivity contribution in [2.75, 3.05) is 62.9 Å². The van der Waals surface area contributed by atoms with Crippen LogP contribution in [0.2, 0.25) is 0 Å². The Hall–Kier alpha value is -4.47. The number of fused-ring (bicyclic) bond motifs is 1. The van der Waals surface area contributed by atoms with Gasteiger partial charge in [0.2, 0.25) is 11.9 Å². The summed E-state index contributed by atoms with van der Waals surface area (Å²) in [5.41, 5.74) is 6.85. The van der Waals surface area contributed by atoms with Crippen molar-refractivity contribution in [2.24, 2.45) is 0 Å². The number of para-hydroxylation sites is 1. The SMILES string of the molecule is CCOCCN(C)C(C)CCN(CC)c1nc(N)n2nc(NC)c(C#N)c2n1.c1ccc(Oc2ccncc2)cc1. The van der Waals surface area contributed by atoms with E-state index in [4.69, 9.17) is 15.2 Å². The van der Waals surface area contributed by atoms with E-state index in [1.807, 2.05) is 56.3 Å². The van der Waals surface area contributed by atoms with Crippen molar-refractivity contribution in [2.45, 2.75) is 33.2 Å². The summed E-state index contributed by atoms with van der Waals surface area (Å²) in [6.07, 6.45) is 4.35. The molecule has 1 atom stereocenters. The fourth-order valence-electron chi connectivity index (χ4n) is 3.93. The number of nitrogens with one attached hydrogen (secondary N) is 1. The molecule has 1 unspecified atom stereocenters. The van der Waals surface area contributed by atoms with E-state index in [1.165, 1.54) is 4.52 Å². The molecule has 3 aromatic heterocycles. The van der Waals surface area contributed by atoms with Gasteiger partial charge >= 0.3 is 0 Å². The Morgan fingerprint density at radius 3 is 2.41 bits per heavy atom. The third-order valence-electron chi connectivity index (χ3n) is 6.50. The molecule has 12 nitrogen and oxygen atoms in total. The Morgan fingerprint density at radius 2 is 1.78 bits per heavy atom. The van der Waals surface area contributed by atoms with E-state index in [1.54, 1.807) is 19.4 Å². The number of pyridine rings is 1. The Labute approximate surface area is 241 Å². The molecule has 4 rings (SSSR count). The Kier molecular flexibility index (Phi) is 12.1. The van der Waals surface area contributed by atoms with Gasteiger partial charge in [-0.1, -0.05) is 18.2 Å². The molecule has 0 aliphatic carbocycles. The molecule has 0 bridgehead atoms. The molecule has 3 N–H and O–H groups in total. The van der Waals surface area contributed by atoms with Crippen LogP contribution in [0.15, 0.2) is 54.9 Å². The summed E-state index contributed by atoms with van der Waals surface area (Å²) in [5.74, 6) is 2.80. The maximum absolute atomic E-state index is 9.47. The number of nitrogens with zero attached hydrogens (tertiary/aromatic N) is 8. The minimum absolute atomic E-state index is 0.207. The van der Waals surface area contributed by atoms with Gasteiger partial charge < -0.3 is 30.3 Å². The number of likely N-dealkylation sites (N-methyl/N-ethyl adjacent to an activating group) is 1. The van der Waals surface area contributed by atoms with Gasteiger partial charge in [0.15, 0.2) is 11.5 Å². The average molecular weight is 561 g/mol. The maximum Gasteiger partial charge on any atom is 0.230 e. The number of anilines is 3. The Morgan fingerprint density at radius 1 is 1.07 bits per heavy atom. The molecule has 0 saturated heterocycles. The van der Waals surface area contributed by atoms with Crippen LogP contribution in [0.25, 0.3) is 5.65 Å². The zero-order chi connectivity index (χ0) is 29.6. The summed E-state index contributed by atoms with van der Waals surface area (Å²) in [4.78, 5) is 17.2. The van der Waals surface area contributed by atoms with Crippen molar-refractivity contribution in [3.63, 3.8) is 0 Å². The first-order valence-electron chi connectivity index (χ1n) is 13.7. The third kappa shape index (κ3) is 8.76. The minimum Gasteiger partial charge on any atom is -0.457 e. The normalized spacial score (nSPS) is 11.4. The molecular weight excluding hydrogens is 520 g/mol. The molecule has 218 valence electrons. The Balaban J connectivity index is 0.000000294. The first-order chi connectivity index (χ1) is 19.9. The first-order valence-corrected chi connectivity index (χ1v) is 13.7. The third-order valence-corrected chi connectivity index (χ3v) is 6.50. The van der Waals surface area contributed by atoms with E-state index in [2.05, 4.69) is 55.2 Å². The second kappa shape index (κ2) is 16.0. The summed E-state index contributed by atoms with van der Waals surface area (Å²) in [6.45, 7) is 10.1. The number of nitriles is 1. The second-order valence-electron chi connectivity index (χ2n) is 9.20. The van der Waals surface area contributed by atoms with Crippen LogP contribution in [0.5, 0.6) is 11.5 Å². The number of nitrogen functional groups attached to an aromatic ring is 1.